The zero-order valence-corrected chi connectivity index (χ0v) is 31.4. The van der Waals surface area contributed by atoms with Gasteiger partial charge in [0.25, 0.3) is 0 Å². The molecule has 0 bridgehead atoms. The van der Waals surface area contributed by atoms with Crippen LogP contribution >= 0.6 is 0 Å². The first kappa shape index (κ1) is 32.1. The number of hydrogen-bond donors (Lipinski definition) is 0. The van der Waals surface area contributed by atoms with Gasteiger partial charge in [0, 0.05) is 33.5 Å². The number of anilines is 2. The fourth-order valence-corrected chi connectivity index (χ4v) is 10.4. The van der Waals surface area contributed by atoms with Crippen LogP contribution in [0, 0.1) is 0 Å². The molecule has 0 saturated carbocycles. The molecule has 8 aromatic carbocycles. The highest BCUT2D eigenvalue weighted by molar-refractivity contribution is 6.12. The van der Waals surface area contributed by atoms with E-state index in [-0.39, 0.29) is 5.41 Å². The molecule has 0 N–H and O–H groups in total. The van der Waals surface area contributed by atoms with Crippen molar-refractivity contribution >= 4 is 38.8 Å². The van der Waals surface area contributed by atoms with Gasteiger partial charge in [0.15, 0.2) is 0 Å². The van der Waals surface area contributed by atoms with E-state index in [4.69, 9.17) is 0 Å². The topological polar surface area (TPSA) is 8.17 Å². The minimum Gasteiger partial charge on any atom is -0.314 e. The molecule has 1 aromatic heterocycles. The van der Waals surface area contributed by atoms with Crippen molar-refractivity contribution in [2.45, 2.75) is 18.3 Å². The average molecular weight is 727 g/mol. The van der Waals surface area contributed by atoms with Crippen molar-refractivity contribution in [1.29, 1.82) is 0 Å². The van der Waals surface area contributed by atoms with Gasteiger partial charge in [0.2, 0.25) is 0 Å². The van der Waals surface area contributed by atoms with Crippen LogP contribution in [0.5, 0.6) is 0 Å². The Labute approximate surface area is 332 Å². The predicted octanol–water partition coefficient (Wildman–Crippen LogP) is 14.0. The van der Waals surface area contributed by atoms with Gasteiger partial charge in [0.05, 0.1) is 16.4 Å². The molecule has 268 valence electrons. The summed E-state index contributed by atoms with van der Waals surface area (Å²) in [6.07, 6.45) is 4.47. The number of para-hydroxylation sites is 2. The maximum absolute atomic E-state index is 2.57. The van der Waals surface area contributed by atoms with E-state index in [0.717, 1.165) is 24.2 Å². The van der Waals surface area contributed by atoms with Crippen molar-refractivity contribution in [1.82, 2.24) is 4.57 Å². The summed E-state index contributed by atoms with van der Waals surface area (Å²) in [7, 11) is 0. The zero-order chi connectivity index (χ0) is 37.5. The summed E-state index contributed by atoms with van der Waals surface area (Å²) in [5.74, 6) is 0. The highest BCUT2D eigenvalue weighted by Crippen LogP contribution is 2.64. The zero-order valence-electron chi connectivity index (χ0n) is 31.4. The molecule has 12 rings (SSSR count). The molecule has 0 atom stereocenters. The molecule has 0 radical (unpaired) electrons. The first-order chi connectivity index (χ1) is 28.3. The second kappa shape index (κ2) is 12.4. The Balaban J connectivity index is 1.10. The smallest absolute Gasteiger partial charge is 0.0722 e. The first-order valence-electron chi connectivity index (χ1n) is 20.1. The number of fused-ring (bicyclic) bond motifs is 12. The van der Waals surface area contributed by atoms with E-state index in [9.17, 15) is 0 Å². The highest BCUT2D eigenvalue weighted by atomic mass is 15.1. The number of benzene rings is 8. The van der Waals surface area contributed by atoms with Crippen molar-refractivity contribution in [3.8, 4) is 27.9 Å². The molecule has 2 nitrogen and oxygen atoms in total. The summed E-state index contributed by atoms with van der Waals surface area (Å²) in [6.45, 7) is 0. The van der Waals surface area contributed by atoms with Gasteiger partial charge in [-0.3, -0.25) is 0 Å². The summed E-state index contributed by atoms with van der Waals surface area (Å²) in [4.78, 5) is 2.53. The Morgan fingerprint density at radius 3 is 1.65 bits per heavy atom. The Bertz CT molecular complexity index is 3070. The number of rotatable bonds is 5. The van der Waals surface area contributed by atoms with Gasteiger partial charge >= 0.3 is 0 Å². The summed E-state index contributed by atoms with van der Waals surface area (Å²) in [6, 6.07) is 73.9. The third-order valence-corrected chi connectivity index (χ3v) is 12.7. The summed E-state index contributed by atoms with van der Waals surface area (Å²) < 4.78 is 2.42. The van der Waals surface area contributed by atoms with Gasteiger partial charge in [-0.05, 0) is 129 Å². The lowest BCUT2D eigenvalue weighted by Gasteiger charge is -2.35. The summed E-state index contributed by atoms with van der Waals surface area (Å²) >= 11 is 0. The molecule has 0 saturated heterocycles. The fraction of sp³-hybridized carbons (Fsp3) is 0.0545. The number of aromatic nitrogens is 1. The maximum Gasteiger partial charge on any atom is 0.0722 e. The van der Waals surface area contributed by atoms with Crippen LogP contribution in [0.3, 0.4) is 0 Å². The standard InChI is InChI=1S/C55H38N2/c1-4-16-37(17-5-1)38-28-32-53-47(34-38)48-35-41(30-33-54(48)57(53)40-20-8-3-9-21-40)56(39-18-6-2-7-19-39)42-29-31-46-45-24-12-15-27-51(45)55(52(46)36-42)49-25-13-10-22-43(49)44-23-11-14-26-50(44)55/h1-28,30,32-36H,29,31H2. The van der Waals surface area contributed by atoms with E-state index in [1.807, 2.05) is 0 Å². The lowest BCUT2D eigenvalue weighted by molar-refractivity contribution is 0.773. The van der Waals surface area contributed by atoms with Crippen LogP contribution in [0.2, 0.25) is 0 Å². The maximum atomic E-state index is 2.57. The van der Waals surface area contributed by atoms with Crippen LogP contribution in [0.1, 0.15) is 35.1 Å². The molecule has 0 amide bonds. The Morgan fingerprint density at radius 1 is 0.421 bits per heavy atom. The largest absolute Gasteiger partial charge is 0.314 e. The second-order valence-corrected chi connectivity index (χ2v) is 15.6. The minimum atomic E-state index is -0.367. The SMILES string of the molecule is C1=C(N(c2ccccc2)c2ccc3c(c2)c2cc(-c4ccccc4)ccc2n3-c2ccccc2)CCC2=C1C1(c3ccccc32)c2ccccc2-c2ccccc21. The molecule has 0 fully saturated rings. The molecule has 9 aromatic rings. The van der Waals surface area contributed by atoms with Crippen LogP contribution in [0.25, 0.3) is 55.3 Å². The van der Waals surface area contributed by atoms with Crippen molar-refractivity contribution in [3.05, 3.63) is 240 Å². The molecule has 3 aliphatic rings. The molecular formula is C55H38N2. The van der Waals surface area contributed by atoms with Crippen molar-refractivity contribution in [2.75, 3.05) is 4.90 Å². The van der Waals surface area contributed by atoms with Crippen molar-refractivity contribution < 1.29 is 0 Å². The van der Waals surface area contributed by atoms with Crippen LogP contribution in [-0.4, -0.2) is 4.57 Å². The lowest BCUT2D eigenvalue weighted by atomic mass is 9.69. The third kappa shape index (κ3) is 4.59. The molecule has 0 aliphatic heterocycles. The Hall–Kier alpha value is -7.16. The predicted molar refractivity (Wildman–Crippen MR) is 237 cm³/mol. The van der Waals surface area contributed by atoms with Crippen molar-refractivity contribution in [3.63, 3.8) is 0 Å². The van der Waals surface area contributed by atoms with Gasteiger partial charge < -0.3 is 9.47 Å². The van der Waals surface area contributed by atoms with E-state index in [1.54, 1.807) is 0 Å². The van der Waals surface area contributed by atoms with Crippen LogP contribution in [0.4, 0.5) is 11.4 Å². The Morgan fingerprint density at radius 2 is 0.965 bits per heavy atom. The quantitative estimate of drug-likeness (QED) is 0.171. The average Bonchev–Trinajstić information content (AvgIpc) is 3.89. The van der Waals surface area contributed by atoms with E-state index >= 15 is 0 Å². The summed E-state index contributed by atoms with van der Waals surface area (Å²) in [5, 5.41) is 2.49. The molecule has 3 aliphatic carbocycles. The third-order valence-electron chi connectivity index (χ3n) is 12.7. The van der Waals surface area contributed by atoms with Gasteiger partial charge in [-0.15, -0.1) is 0 Å². The molecule has 57 heavy (non-hydrogen) atoms. The second-order valence-electron chi connectivity index (χ2n) is 15.6. The molecule has 0 unspecified atom stereocenters. The van der Waals surface area contributed by atoms with E-state index in [0.29, 0.717) is 0 Å². The minimum absolute atomic E-state index is 0.367. The van der Waals surface area contributed by atoms with Crippen molar-refractivity contribution in [2.24, 2.45) is 0 Å². The first-order valence-corrected chi connectivity index (χ1v) is 20.1. The normalized spacial score (nSPS) is 14.7. The summed E-state index contributed by atoms with van der Waals surface area (Å²) in [5.41, 5.74) is 20.4. The number of allylic oxidation sites excluding steroid dienone is 4. The lowest BCUT2D eigenvalue weighted by Crippen LogP contribution is -2.28. The molecular weight excluding hydrogens is 689 g/mol. The van der Waals surface area contributed by atoms with Gasteiger partial charge in [-0.2, -0.15) is 0 Å². The monoisotopic (exact) mass is 726 g/mol. The fourth-order valence-electron chi connectivity index (χ4n) is 10.4. The van der Waals surface area contributed by atoms with Gasteiger partial charge in [-0.25, -0.2) is 0 Å². The molecule has 1 spiro atoms. The van der Waals surface area contributed by atoms with E-state index in [1.165, 1.54) is 88.8 Å². The highest BCUT2D eigenvalue weighted by Gasteiger charge is 2.52. The number of hydrogen-bond acceptors (Lipinski definition) is 1. The number of nitrogens with zero attached hydrogens (tertiary/aromatic N) is 2. The van der Waals surface area contributed by atoms with Gasteiger partial charge in [0.1, 0.15) is 0 Å². The van der Waals surface area contributed by atoms with Crippen LogP contribution in [0.15, 0.2) is 218 Å². The van der Waals surface area contributed by atoms with Gasteiger partial charge in [-0.1, -0.05) is 146 Å². The van der Waals surface area contributed by atoms with E-state index in [2.05, 4.69) is 216 Å². The Kier molecular flexibility index (Phi) is 7.00. The molecule has 1 heterocycles. The van der Waals surface area contributed by atoms with E-state index < -0.39 is 0 Å². The van der Waals surface area contributed by atoms with Crippen LogP contribution in [-0.2, 0) is 5.41 Å². The van der Waals surface area contributed by atoms with Crippen LogP contribution < -0.4 is 4.90 Å². The molecule has 2 heteroatoms.